The van der Waals surface area contributed by atoms with Crippen LogP contribution in [0.3, 0.4) is 0 Å². The number of para-hydroxylation sites is 1. The predicted molar refractivity (Wildman–Crippen MR) is 97.0 cm³/mol. The van der Waals surface area contributed by atoms with Crippen molar-refractivity contribution in [2.75, 3.05) is 14.2 Å². The van der Waals surface area contributed by atoms with Crippen LogP contribution >= 0.6 is 0 Å². The van der Waals surface area contributed by atoms with Gasteiger partial charge in [-0.1, -0.05) is 18.2 Å². The molecule has 3 rings (SSSR count). The molecule has 1 heterocycles. The summed E-state index contributed by atoms with van der Waals surface area (Å²) >= 11 is 0. The summed E-state index contributed by atoms with van der Waals surface area (Å²) in [5, 5.41) is 0.857. The van der Waals surface area contributed by atoms with Crippen LogP contribution in [-0.4, -0.2) is 33.6 Å². The highest BCUT2D eigenvalue weighted by Gasteiger charge is 2.23. The maximum Gasteiger partial charge on any atom is 0.337 e. The molecule has 0 amide bonds. The van der Waals surface area contributed by atoms with Crippen LogP contribution in [0.25, 0.3) is 10.9 Å². The minimum atomic E-state index is -3.76. The molecule has 0 unspecified atom stereocenters. The first-order chi connectivity index (χ1) is 12.4. The summed E-state index contributed by atoms with van der Waals surface area (Å²) in [5.41, 5.74) is 1.48. The average Bonchev–Trinajstić information content (AvgIpc) is 2.66. The molecule has 0 N–H and O–H groups in total. The number of methoxy groups -OCH3 is 2. The lowest BCUT2D eigenvalue weighted by atomic mass is 10.2. The summed E-state index contributed by atoms with van der Waals surface area (Å²) in [4.78, 5) is 16.0. The Morgan fingerprint density at radius 2 is 1.85 bits per heavy atom. The predicted octanol–water partition coefficient (Wildman–Crippen LogP) is 3.00. The zero-order chi connectivity index (χ0) is 18.7. The molecule has 0 aliphatic carbocycles. The lowest BCUT2D eigenvalue weighted by molar-refractivity contribution is 0.0600. The molecule has 7 heteroatoms. The van der Waals surface area contributed by atoms with Crippen LogP contribution < -0.4 is 4.74 Å². The average molecular weight is 371 g/mol. The second-order valence-electron chi connectivity index (χ2n) is 5.65. The maximum atomic E-state index is 12.9. The molecule has 1 aromatic heterocycles. The molecule has 0 saturated heterocycles. The van der Waals surface area contributed by atoms with Crippen molar-refractivity contribution in [1.29, 1.82) is 0 Å². The number of pyridine rings is 1. The Kier molecular flexibility index (Phi) is 4.90. The Morgan fingerprint density at radius 1 is 1.08 bits per heavy atom. The molecule has 0 spiro atoms. The first-order valence-electron chi connectivity index (χ1n) is 7.77. The molecule has 26 heavy (non-hydrogen) atoms. The Balaban J connectivity index is 2.02. The number of hydrogen-bond donors (Lipinski definition) is 0. The molecule has 134 valence electrons. The van der Waals surface area contributed by atoms with Gasteiger partial charge in [-0.05, 0) is 35.9 Å². The van der Waals surface area contributed by atoms with Gasteiger partial charge in [0, 0.05) is 11.6 Å². The largest absolute Gasteiger partial charge is 0.495 e. The fraction of sp³-hybridized carbons (Fsp3) is 0.158. The van der Waals surface area contributed by atoms with E-state index in [0.717, 1.165) is 10.9 Å². The van der Waals surface area contributed by atoms with Gasteiger partial charge >= 0.3 is 5.97 Å². The molecule has 0 aliphatic heterocycles. The molecule has 6 nitrogen and oxygen atoms in total. The molecular formula is C19H17NO5S. The van der Waals surface area contributed by atoms with E-state index in [-0.39, 0.29) is 22.0 Å². The van der Waals surface area contributed by atoms with Gasteiger partial charge in [-0.15, -0.1) is 0 Å². The Hall–Kier alpha value is -2.93. The first-order valence-corrected chi connectivity index (χ1v) is 9.42. The molecule has 0 radical (unpaired) electrons. The number of carbonyl (C=O) groups is 1. The maximum absolute atomic E-state index is 12.9. The van der Waals surface area contributed by atoms with Gasteiger partial charge in [0.1, 0.15) is 10.6 Å². The van der Waals surface area contributed by atoms with Gasteiger partial charge in [-0.25, -0.2) is 13.2 Å². The summed E-state index contributed by atoms with van der Waals surface area (Å²) in [6, 6.07) is 13.4. The van der Waals surface area contributed by atoms with Gasteiger partial charge in [-0.3, -0.25) is 4.98 Å². The van der Waals surface area contributed by atoms with E-state index in [1.165, 1.54) is 38.6 Å². The Morgan fingerprint density at radius 3 is 2.58 bits per heavy atom. The number of ether oxygens (including phenoxy) is 2. The monoisotopic (exact) mass is 371 g/mol. The summed E-state index contributed by atoms with van der Waals surface area (Å²) in [6.45, 7) is 0. The molecule has 0 fully saturated rings. The lowest BCUT2D eigenvalue weighted by Crippen LogP contribution is -2.10. The number of carbonyl (C=O) groups excluding carboxylic acids is 1. The molecule has 0 bridgehead atoms. The number of aromatic nitrogens is 1. The number of benzene rings is 2. The number of nitrogens with zero attached hydrogens (tertiary/aromatic N) is 1. The van der Waals surface area contributed by atoms with Gasteiger partial charge < -0.3 is 9.47 Å². The molecule has 0 aliphatic rings. The Labute approximate surface area is 151 Å². The molecule has 0 atom stereocenters. The second-order valence-corrected chi connectivity index (χ2v) is 7.61. The quantitative estimate of drug-likeness (QED) is 0.641. The van der Waals surface area contributed by atoms with Crippen molar-refractivity contribution in [3.05, 3.63) is 65.9 Å². The third kappa shape index (κ3) is 3.52. The first kappa shape index (κ1) is 17.9. The van der Waals surface area contributed by atoms with Crippen LogP contribution in [0.4, 0.5) is 0 Å². The van der Waals surface area contributed by atoms with E-state index in [4.69, 9.17) is 4.74 Å². The summed E-state index contributed by atoms with van der Waals surface area (Å²) in [6.07, 6.45) is 1.54. The van der Waals surface area contributed by atoms with Crippen LogP contribution in [0.5, 0.6) is 5.75 Å². The van der Waals surface area contributed by atoms with Crippen molar-refractivity contribution in [3.8, 4) is 5.75 Å². The van der Waals surface area contributed by atoms with Gasteiger partial charge in [0.15, 0.2) is 9.84 Å². The number of sulfone groups is 1. The molecule has 0 saturated carbocycles. The fourth-order valence-electron chi connectivity index (χ4n) is 2.66. The smallest absolute Gasteiger partial charge is 0.337 e. The van der Waals surface area contributed by atoms with E-state index in [0.29, 0.717) is 5.56 Å². The van der Waals surface area contributed by atoms with Gasteiger partial charge in [0.05, 0.1) is 31.1 Å². The number of rotatable bonds is 5. The SMILES string of the molecule is COC(=O)c1ccc(OC)c(S(=O)(=O)Cc2cnc3ccccc3c2)c1. The zero-order valence-corrected chi connectivity index (χ0v) is 15.1. The fourth-order valence-corrected chi connectivity index (χ4v) is 4.17. The van der Waals surface area contributed by atoms with E-state index >= 15 is 0 Å². The number of hydrogen-bond acceptors (Lipinski definition) is 6. The highest BCUT2D eigenvalue weighted by atomic mass is 32.2. The van der Waals surface area contributed by atoms with E-state index in [9.17, 15) is 13.2 Å². The van der Waals surface area contributed by atoms with Crippen molar-refractivity contribution in [3.63, 3.8) is 0 Å². The highest BCUT2D eigenvalue weighted by molar-refractivity contribution is 7.90. The molecule has 2 aromatic carbocycles. The van der Waals surface area contributed by atoms with E-state index < -0.39 is 15.8 Å². The number of esters is 1. The second kappa shape index (κ2) is 7.13. The van der Waals surface area contributed by atoms with E-state index in [2.05, 4.69) is 9.72 Å². The lowest BCUT2D eigenvalue weighted by Gasteiger charge is -2.11. The third-order valence-corrected chi connectivity index (χ3v) is 5.63. The standard InChI is InChI=1S/C19H17NO5S/c1-24-17-8-7-15(19(21)25-2)10-18(17)26(22,23)12-13-9-14-5-3-4-6-16(14)20-11-13/h3-11H,12H2,1-2H3. The summed E-state index contributed by atoms with van der Waals surface area (Å²) in [7, 11) is -1.15. The minimum absolute atomic E-state index is 0.0592. The van der Waals surface area contributed by atoms with Crippen molar-refractivity contribution in [2.24, 2.45) is 0 Å². The zero-order valence-electron chi connectivity index (χ0n) is 14.3. The van der Waals surface area contributed by atoms with Crippen molar-refractivity contribution < 1.29 is 22.7 Å². The third-order valence-electron chi connectivity index (χ3n) is 3.92. The van der Waals surface area contributed by atoms with Gasteiger partial charge in [0.2, 0.25) is 0 Å². The summed E-state index contributed by atoms with van der Waals surface area (Å²) in [5.74, 6) is -0.700. The van der Waals surface area contributed by atoms with Crippen molar-refractivity contribution in [2.45, 2.75) is 10.6 Å². The summed E-state index contributed by atoms with van der Waals surface area (Å²) < 4.78 is 35.7. The van der Waals surface area contributed by atoms with Crippen molar-refractivity contribution in [1.82, 2.24) is 4.98 Å². The van der Waals surface area contributed by atoms with Crippen LogP contribution in [0.2, 0.25) is 0 Å². The topological polar surface area (TPSA) is 82.6 Å². The number of fused-ring (bicyclic) bond motifs is 1. The molecule has 3 aromatic rings. The van der Waals surface area contributed by atoms with Gasteiger partial charge in [0.25, 0.3) is 0 Å². The normalized spacial score (nSPS) is 11.3. The molecular weight excluding hydrogens is 354 g/mol. The van der Waals surface area contributed by atoms with Crippen molar-refractivity contribution >= 4 is 26.7 Å². The Bertz CT molecular complexity index is 1080. The minimum Gasteiger partial charge on any atom is -0.495 e. The van der Waals surface area contributed by atoms with Crippen LogP contribution in [0, 0.1) is 0 Å². The van der Waals surface area contributed by atoms with Crippen LogP contribution in [-0.2, 0) is 20.3 Å². The van der Waals surface area contributed by atoms with Crippen LogP contribution in [0.15, 0.2) is 59.6 Å². The van der Waals surface area contributed by atoms with Gasteiger partial charge in [-0.2, -0.15) is 0 Å². The highest BCUT2D eigenvalue weighted by Crippen LogP contribution is 2.28. The van der Waals surface area contributed by atoms with E-state index in [1.54, 1.807) is 6.07 Å². The van der Waals surface area contributed by atoms with Crippen LogP contribution in [0.1, 0.15) is 15.9 Å². The van der Waals surface area contributed by atoms with E-state index in [1.807, 2.05) is 24.3 Å².